The van der Waals surface area contributed by atoms with Crippen LogP contribution in [0.15, 0.2) is 74.3 Å². The van der Waals surface area contributed by atoms with Crippen molar-refractivity contribution in [2.24, 2.45) is 0 Å². The first-order valence-electron chi connectivity index (χ1n) is 8.60. The van der Waals surface area contributed by atoms with Crippen LogP contribution in [0.5, 0.6) is 0 Å². The highest BCUT2D eigenvalue weighted by Crippen LogP contribution is 2.26. The first-order valence-corrected chi connectivity index (χ1v) is 10.6. The smallest absolute Gasteiger partial charge is 0.291 e. The van der Waals surface area contributed by atoms with Gasteiger partial charge in [0.15, 0.2) is 5.82 Å². The molecular formula is C21H11BrClN3O2S. The fourth-order valence-corrected chi connectivity index (χ4v) is 4.45. The summed E-state index contributed by atoms with van der Waals surface area (Å²) in [7, 11) is 0. The molecule has 29 heavy (non-hydrogen) atoms. The molecule has 0 unspecified atom stereocenters. The molecule has 5 aromatic rings. The van der Waals surface area contributed by atoms with Crippen LogP contribution in [0.1, 0.15) is 5.76 Å². The molecule has 0 saturated carbocycles. The van der Waals surface area contributed by atoms with Gasteiger partial charge in [0.1, 0.15) is 16.1 Å². The maximum Gasteiger partial charge on any atom is 0.291 e. The van der Waals surface area contributed by atoms with Crippen molar-refractivity contribution in [3.63, 3.8) is 0 Å². The number of hydrogen-bond donors (Lipinski definition) is 0. The van der Waals surface area contributed by atoms with Gasteiger partial charge in [0.05, 0.1) is 5.02 Å². The summed E-state index contributed by atoms with van der Waals surface area (Å²) < 4.78 is 8.66. The van der Waals surface area contributed by atoms with Gasteiger partial charge in [-0.3, -0.25) is 4.79 Å². The number of furan rings is 1. The highest BCUT2D eigenvalue weighted by atomic mass is 79.9. The van der Waals surface area contributed by atoms with Crippen molar-refractivity contribution < 1.29 is 4.42 Å². The molecule has 8 heteroatoms. The zero-order valence-electron chi connectivity index (χ0n) is 14.7. The third kappa shape index (κ3) is 3.42. The summed E-state index contributed by atoms with van der Waals surface area (Å²) in [6.07, 6.45) is 1.71. The van der Waals surface area contributed by atoms with Gasteiger partial charge in [0, 0.05) is 21.7 Å². The maximum atomic E-state index is 12.7. The van der Waals surface area contributed by atoms with E-state index < -0.39 is 0 Å². The molecule has 2 aromatic carbocycles. The van der Waals surface area contributed by atoms with Crippen LogP contribution in [0.4, 0.5) is 0 Å². The highest BCUT2D eigenvalue weighted by Gasteiger charge is 2.14. The summed E-state index contributed by atoms with van der Waals surface area (Å²) >= 11 is 10.9. The first kappa shape index (κ1) is 18.3. The zero-order chi connectivity index (χ0) is 20.0. The minimum absolute atomic E-state index is 0.240. The largest absolute Gasteiger partial charge is 0.457 e. The number of nitrogens with zero attached hydrogens (tertiary/aromatic N) is 3. The summed E-state index contributed by atoms with van der Waals surface area (Å²) in [5, 5.41) is 4.87. The van der Waals surface area contributed by atoms with Gasteiger partial charge in [-0.25, -0.2) is 0 Å². The summed E-state index contributed by atoms with van der Waals surface area (Å²) in [4.78, 5) is 17.7. The Morgan fingerprint density at radius 3 is 2.76 bits per heavy atom. The first-order chi connectivity index (χ1) is 14.1. The van der Waals surface area contributed by atoms with Crippen LogP contribution in [0.2, 0.25) is 5.02 Å². The number of fused-ring (bicyclic) bond motifs is 1. The molecule has 0 saturated heterocycles. The second kappa shape index (κ2) is 7.26. The molecule has 142 valence electrons. The normalized spacial score (nSPS) is 12.1. The van der Waals surface area contributed by atoms with Crippen LogP contribution in [0, 0.1) is 0 Å². The zero-order valence-corrected chi connectivity index (χ0v) is 17.8. The fraction of sp³-hybridized carbons (Fsp3) is 0. The minimum atomic E-state index is -0.240. The van der Waals surface area contributed by atoms with Crippen molar-refractivity contribution in [2.45, 2.75) is 0 Å². The van der Waals surface area contributed by atoms with E-state index in [9.17, 15) is 4.79 Å². The summed E-state index contributed by atoms with van der Waals surface area (Å²) in [6.45, 7) is 0. The molecule has 5 nitrogen and oxygen atoms in total. The molecule has 0 radical (unpaired) electrons. The van der Waals surface area contributed by atoms with Crippen LogP contribution in [-0.4, -0.2) is 14.6 Å². The van der Waals surface area contributed by atoms with E-state index >= 15 is 0 Å². The van der Waals surface area contributed by atoms with Crippen molar-refractivity contribution in [1.82, 2.24) is 14.6 Å². The Morgan fingerprint density at radius 1 is 1.10 bits per heavy atom. The molecule has 3 heterocycles. The third-order valence-electron chi connectivity index (χ3n) is 4.31. The average Bonchev–Trinajstić information content (AvgIpc) is 3.40. The van der Waals surface area contributed by atoms with Crippen molar-refractivity contribution in [3.8, 4) is 22.7 Å². The van der Waals surface area contributed by atoms with E-state index in [1.807, 2.05) is 54.6 Å². The van der Waals surface area contributed by atoms with Crippen LogP contribution in [0.25, 0.3) is 33.7 Å². The molecular weight excluding hydrogens is 474 g/mol. The molecule has 0 aliphatic rings. The molecule has 0 amide bonds. The molecule has 0 N–H and O–H groups in total. The molecule has 0 aliphatic heterocycles. The summed E-state index contributed by atoms with van der Waals surface area (Å²) in [5.41, 5.74) is 1.41. The Hall–Kier alpha value is -2.74. The maximum absolute atomic E-state index is 12.7. The molecule has 0 bridgehead atoms. The second-order valence-corrected chi connectivity index (χ2v) is 8.57. The Balaban J connectivity index is 1.54. The SMILES string of the molecule is O=c1/c(=C\c2ccc(-c3cccc(Br)c3)o2)sc2nc(-c3ccccc3Cl)nn12. The predicted octanol–water partition coefficient (Wildman–Crippen LogP) is 5.04. The van der Waals surface area contributed by atoms with Crippen LogP contribution in [0.3, 0.4) is 0 Å². The standard InChI is InChI=1S/C21H11BrClN3O2S/c22-13-5-3-4-12(10-13)17-9-8-14(28-17)11-18-20(27)26-21(29-18)24-19(25-26)15-6-1-2-7-16(15)23/h1-11H/b18-11+. The van der Waals surface area contributed by atoms with E-state index in [0.717, 1.165) is 15.8 Å². The van der Waals surface area contributed by atoms with Crippen molar-refractivity contribution in [3.05, 3.63) is 90.8 Å². The van der Waals surface area contributed by atoms with Gasteiger partial charge in [-0.15, -0.1) is 5.10 Å². The summed E-state index contributed by atoms with van der Waals surface area (Å²) in [6, 6.07) is 18.8. The quantitative estimate of drug-likeness (QED) is 0.360. The molecule has 0 aliphatic carbocycles. The molecule has 0 atom stereocenters. The lowest BCUT2D eigenvalue weighted by Crippen LogP contribution is -2.23. The van der Waals surface area contributed by atoms with E-state index in [0.29, 0.717) is 31.7 Å². The van der Waals surface area contributed by atoms with Gasteiger partial charge < -0.3 is 4.42 Å². The number of aromatic nitrogens is 3. The monoisotopic (exact) mass is 483 g/mol. The van der Waals surface area contributed by atoms with E-state index in [-0.39, 0.29) is 5.56 Å². The van der Waals surface area contributed by atoms with Gasteiger partial charge >= 0.3 is 0 Å². The number of benzene rings is 2. The molecule has 3 aromatic heterocycles. The van der Waals surface area contributed by atoms with Gasteiger partial charge in [-0.05, 0) is 36.4 Å². The number of halogens is 2. The topological polar surface area (TPSA) is 60.4 Å². The van der Waals surface area contributed by atoms with E-state index in [4.69, 9.17) is 16.0 Å². The molecule has 0 fully saturated rings. The molecule has 5 rings (SSSR count). The predicted molar refractivity (Wildman–Crippen MR) is 118 cm³/mol. The fourth-order valence-electron chi connectivity index (χ4n) is 2.95. The lowest BCUT2D eigenvalue weighted by molar-refractivity contribution is 0.571. The van der Waals surface area contributed by atoms with Crippen molar-refractivity contribution in [1.29, 1.82) is 0 Å². The lowest BCUT2D eigenvalue weighted by atomic mass is 10.2. The Labute approximate surface area is 182 Å². The lowest BCUT2D eigenvalue weighted by Gasteiger charge is -1.97. The van der Waals surface area contributed by atoms with Crippen molar-refractivity contribution in [2.75, 3.05) is 0 Å². The van der Waals surface area contributed by atoms with E-state index in [2.05, 4.69) is 26.0 Å². The average molecular weight is 485 g/mol. The number of rotatable bonds is 3. The van der Waals surface area contributed by atoms with Crippen LogP contribution >= 0.6 is 38.9 Å². The summed E-state index contributed by atoms with van der Waals surface area (Å²) in [5.74, 6) is 1.75. The second-order valence-electron chi connectivity index (χ2n) is 6.24. The Bertz CT molecular complexity index is 1470. The third-order valence-corrected chi connectivity index (χ3v) is 6.09. The van der Waals surface area contributed by atoms with E-state index in [1.165, 1.54) is 15.9 Å². The Kier molecular flexibility index (Phi) is 4.58. The van der Waals surface area contributed by atoms with Gasteiger partial charge in [-0.1, -0.05) is 63.1 Å². The van der Waals surface area contributed by atoms with Crippen LogP contribution < -0.4 is 10.1 Å². The van der Waals surface area contributed by atoms with Gasteiger partial charge in [0.25, 0.3) is 5.56 Å². The van der Waals surface area contributed by atoms with Gasteiger partial charge in [-0.2, -0.15) is 9.50 Å². The highest BCUT2D eigenvalue weighted by molar-refractivity contribution is 9.10. The minimum Gasteiger partial charge on any atom is -0.457 e. The van der Waals surface area contributed by atoms with Gasteiger partial charge in [0.2, 0.25) is 4.96 Å². The number of hydrogen-bond acceptors (Lipinski definition) is 5. The Morgan fingerprint density at radius 2 is 1.97 bits per heavy atom. The molecule has 0 spiro atoms. The number of thiazole rings is 1. The van der Waals surface area contributed by atoms with Crippen LogP contribution in [-0.2, 0) is 0 Å². The van der Waals surface area contributed by atoms with E-state index in [1.54, 1.807) is 12.1 Å². The van der Waals surface area contributed by atoms with Crippen molar-refractivity contribution >= 4 is 49.9 Å².